The van der Waals surface area contributed by atoms with E-state index in [2.05, 4.69) is 6.92 Å². The molecule has 0 saturated heterocycles. The Morgan fingerprint density at radius 2 is 2.06 bits per heavy atom. The summed E-state index contributed by atoms with van der Waals surface area (Å²) in [5.74, 6) is -0.881. The van der Waals surface area contributed by atoms with Gasteiger partial charge in [-0.25, -0.2) is 0 Å². The molecule has 16 heavy (non-hydrogen) atoms. The number of unbranched alkanes of at least 4 members (excludes halogenated alkanes) is 2. The molecule has 0 radical (unpaired) electrons. The van der Waals surface area contributed by atoms with Gasteiger partial charge in [-0.15, -0.1) is 0 Å². The predicted octanol–water partition coefficient (Wildman–Crippen LogP) is 1.23. The molecule has 96 valence electrons. The van der Waals surface area contributed by atoms with Crippen LogP contribution in [0.25, 0.3) is 0 Å². The Bertz CT molecular complexity index is 198. The van der Waals surface area contributed by atoms with Crippen molar-refractivity contribution in [2.75, 3.05) is 13.1 Å². The quantitative estimate of drug-likeness (QED) is 0.462. The third-order valence-electron chi connectivity index (χ3n) is 2.38. The standard InChI is InChI=1S/C11H24N2O3/c1-4-5-6-7-13(8-11(14)15)16-10(3)9(2)12/h9-10H,4-8,12H2,1-3H3,(H,14,15). The lowest BCUT2D eigenvalue weighted by Gasteiger charge is -2.26. The van der Waals surface area contributed by atoms with Gasteiger partial charge >= 0.3 is 5.97 Å². The van der Waals surface area contributed by atoms with Crippen molar-refractivity contribution in [3.8, 4) is 0 Å². The van der Waals surface area contributed by atoms with Gasteiger partial charge in [0.15, 0.2) is 0 Å². The second-order valence-corrected chi connectivity index (χ2v) is 4.13. The van der Waals surface area contributed by atoms with E-state index in [4.69, 9.17) is 15.7 Å². The zero-order valence-corrected chi connectivity index (χ0v) is 10.5. The normalized spacial score (nSPS) is 15.1. The average Bonchev–Trinajstić information content (AvgIpc) is 2.16. The van der Waals surface area contributed by atoms with Gasteiger partial charge in [-0.1, -0.05) is 19.8 Å². The smallest absolute Gasteiger partial charge is 0.320 e. The van der Waals surface area contributed by atoms with Crippen molar-refractivity contribution in [1.29, 1.82) is 0 Å². The summed E-state index contributed by atoms with van der Waals surface area (Å²) in [5.41, 5.74) is 5.67. The van der Waals surface area contributed by atoms with E-state index in [0.717, 1.165) is 19.3 Å². The van der Waals surface area contributed by atoms with E-state index in [1.807, 2.05) is 13.8 Å². The molecule has 0 amide bonds. The number of hydrogen-bond acceptors (Lipinski definition) is 4. The van der Waals surface area contributed by atoms with Crippen molar-refractivity contribution < 1.29 is 14.7 Å². The molecule has 0 aromatic carbocycles. The van der Waals surface area contributed by atoms with Crippen LogP contribution < -0.4 is 5.73 Å². The van der Waals surface area contributed by atoms with Gasteiger partial charge in [0.2, 0.25) is 0 Å². The predicted molar refractivity (Wildman–Crippen MR) is 62.9 cm³/mol. The number of rotatable bonds is 9. The van der Waals surface area contributed by atoms with Crippen molar-refractivity contribution in [1.82, 2.24) is 5.06 Å². The maximum atomic E-state index is 10.6. The van der Waals surface area contributed by atoms with Crippen molar-refractivity contribution in [2.45, 2.75) is 52.2 Å². The third kappa shape index (κ3) is 7.62. The van der Waals surface area contributed by atoms with Gasteiger partial charge in [0.05, 0.1) is 6.10 Å². The van der Waals surface area contributed by atoms with Gasteiger partial charge < -0.3 is 10.8 Å². The summed E-state index contributed by atoms with van der Waals surface area (Å²) in [5, 5.41) is 10.2. The van der Waals surface area contributed by atoms with Crippen molar-refractivity contribution >= 4 is 5.97 Å². The van der Waals surface area contributed by atoms with E-state index in [9.17, 15) is 4.79 Å². The first kappa shape index (κ1) is 15.3. The number of nitrogens with two attached hydrogens (primary N) is 1. The van der Waals surface area contributed by atoms with Crippen LogP contribution in [0.5, 0.6) is 0 Å². The molecule has 0 aliphatic carbocycles. The molecule has 0 spiro atoms. The fourth-order valence-electron chi connectivity index (χ4n) is 1.19. The summed E-state index contributed by atoms with van der Waals surface area (Å²) >= 11 is 0. The number of carboxylic acid groups (broad SMARTS) is 1. The first-order valence-electron chi connectivity index (χ1n) is 5.86. The number of hydroxylamine groups is 2. The highest BCUT2D eigenvalue weighted by Gasteiger charge is 2.16. The molecular weight excluding hydrogens is 208 g/mol. The number of aliphatic carboxylic acids is 1. The highest BCUT2D eigenvalue weighted by molar-refractivity contribution is 5.68. The minimum Gasteiger partial charge on any atom is -0.480 e. The Balaban J connectivity index is 4.03. The zero-order chi connectivity index (χ0) is 12.6. The summed E-state index contributed by atoms with van der Waals surface area (Å²) in [6.45, 7) is 6.33. The van der Waals surface area contributed by atoms with E-state index in [1.54, 1.807) is 0 Å². The third-order valence-corrected chi connectivity index (χ3v) is 2.38. The van der Waals surface area contributed by atoms with Crippen LogP contribution in [0.15, 0.2) is 0 Å². The van der Waals surface area contributed by atoms with E-state index >= 15 is 0 Å². The molecular formula is C11H24N2O3. The molecule has 2 unspecified atom stereocenters. The molecule has 0 rings (SSSR count). The summed E-state index contributed by atoms with van der Waals surface area (Å²) in [6, 6.07) is -0.109. The van der Waals surface area contributed by atoms with Crippen molar-refractivity contribution in [2.24, 2.45) is 5.73 Å². The molecule has 2 atom stereocenters. The number of carboxylic acids is 1. The van der Waals surface area contributed by atoms with Crippen LogP contribution in [-0.2, 0) is 9.63 Å². The fraction of sp³-hybridized carbons (Fsp3) is 0.909. The molecule has 5 heteroatoms. The Labute approximate surface area is 97.5 Å². The largest absolute Gasteiger partial charge is 0.480 e. The molecule has 0 aromatic rings. The van der Waals surface area contributed by atoms with Crippen LogP contribution in [0.3, 0.4) is 0 Å². The summed E-state index contributed by atoms with van der Waals surface area (Å²) in [4.78, 5) is 16.1. The van der Waals surface area contributed by atoms with E-state index in [1.165, 1.54) is 5.06 Å². The molecule has 3 N–H and O–H groups in total. The topological polar surface area (TPSA) is 75.8 Å². The summed E-state index contributed by atoms with van der Waals surface area (Å²) < 4.78 is 0. The second kappa shape index (κ2) is 8.50. The highest BCUT2D eigenvalue weighted by atomic mass is 16.7. The van der Waals surface area contributed by atoms with Crippen molar-refractivity contribution in [3.05, 3.63) is 0 Å². The monoisotopic (exact) mass is 232 g/mol. The van der Waals surface area contributed by atoms with Gasteiger partial charge in [0.1, 0.15) is 6.54 Å². The lowest BCUT2D eigenvalue weighted by molar-refractivity contribution is -0.203. The Hall–Kier alpha value is -0.650. The fourth-order valence-corrected chi connectivity index (χ4v) is 1.19. The molecule has 5 nitrogen and oxygen atoms in total. The first-order valence-corrected chi connectivity index (χ1v) is 5.86. The first-order chi connectivity index (χ1) is 7.47. The Kier molecular flexibility index (Phi) is 8.15. The van der Waals surface area contributed by atoms with E-state index in [-0.39, 0.29) is 18.7 Å². The summed E-state index contributed by atoms with van der Waals surface area (Å²) in [6.07, 6.45) is 2.95. The maximum absolute atomic E-state index is 10.6. The van der Waals surface area contributed by atoms with Gasteiger partial charge in [0, 0.05) is 12.6 Å². The van der Waals surface area contributed by atoms with E-state index in [0.29, 0.717) is 6.54 Å². The number of nitrogens with zero attached hydrogens (tertiary/aromatic N) is 1. The average molecular weight is 232 g/mol. The maximum Gasteiger partial charge on any atom is 0.320 e. The zero-order valence-electron chi connectivity index (χ0n) is 10.5. The lowest BCUT2D eigenvalue weighted by Crippen LogP contribution is -2.40. The van der Waals surface area contributed by atoms with Crippen LogP contribution >= 0.6 is 0 Å². The van der Waals surface area contributed by atoms with Crippen LogP contribution in [0, 0.1) is 0 Å². The van der Waals surface area contributed by atoms with Gasteiger partial charge in [0.25, 0.3) is 0 Å². The van der Waals surface area contributed by atoms with Crippen LogP contribution in [-0.4, -0.2) is 41.4 Å². The van der Waals surface area contributed by atoms with E-state index < -0.39 is 5.97 Å². The molecule has 0 aromatic heterocycles. The van der Waals surface area contributed by atoms with Gasteiger partial charge in [-0.05, 0) is 20.3 Å². The summed E-state index contributed by atoms with van der Waals surface area (Å²) in [7, 11) is 0. The number of hydrogen-bond donors (Lipinski definition) is 2. The Morgan fingerprint density at radius 3 is 2.50 bits per heavy atom. The Morgan fingerprint density at radius 1 is 1.44 bits per heavy atom. The number of carbonyl (C=O) groups is 1. The van der Waals surface area contributed by atoms with Gasteiger partial charge in [-0.2, -0.15) is 5.06 Å². The van der Waals surface area contributed by atoms with Crippen LogP contribution in [0.1, 0.15) is 40.0 Å². The molecule has 0 fully saturated rings. The molecule has 0 bridgehead atoms. The van der Waals surface area contributed by atoms with Crippen molar-refractivity contribution in [3.63, 3.8) is 0 Å². The highest BCUT2D eigenvalue weighted by Crippen LogP contribution is 2.04. The molecule has 0 saturated carbocycles. The SMILES string of the molecule is CCCCCN(CC(=O)O)OC(C)C(C)N. The van der Waals surface area contributed by atoms with Crippen LogP contribution in [0.4, 0.5) is 0 Å². The molecule has 0 aliphatic rings. The minimum atomic E-state index is -0.881. The minimum absolute atomic E-state index is 0.0965. The van der Waals surface area contributed by atoms with Gasteiger partial charge in [-0.3, -0.25) is 9.63 Å². The molecule has 0 aliphatic heterocycles. The second-order valence-electron chi connectivity index (χ2n) is 4.13. The van der Waals surface area contributed by atoms with Crippen LogP contribution in [0.2, 0.25) is 0 Å². The lowest BCUT2D eigenvalue weighted by atomic mass is 10.2. The molecule has 0 heterocycles.